The quantitative estimate of drug-likeness (QED) is 0.648. The van der Waals surface area contributed by atoms with Gasteiger partial charge in [-0.25, -0.2) is 0 Å². The molecule has 2 aromatic carbocycles. The van der Waals surface area contributed by atoms with E-state index in [1.165, 1.54) is 11.1 Å². The van der Waals surface area contributed by atoms with Gasteiger partial charge in [0.25, 0.3) is 5.91 Å². The maximum absolute atomic E-state index is 12.1. The van der Waals surface area contributed by atoms with Gasteiger partial charge >= 0.3 is 5.97 Å². The van der Waals surface area contributed by atoms with E-state index in [0.717, 1.165) is 27.7 Å². The average molecular weight is 379 g/mol. The van der Waals surface area contributed by atoms with Crippen molar-refractivity contribution >= 4 is 22.8 Å². The third-order valence-electron chi connectivity index (χ3n) is 4.92. The fourth-order valence-electron chi connectivity index (χ4n) is 3.08. The van der Waals surface area contributed by atoms with Crippen molar-refractivity contribution in [2.75, 3.05) is 6.61 Å². The van der Waals surface area contributed by atoms with Crippen LogP contribution in [0.2, 0.25) is 0 Å². The molecule has 3 rings (SSSR count). The van der Waals surface area contributed by atoms with E-state index in [4.69, 9.17) is 9.15 Å². The molecule has 0 bridgehead atoms. The zero-order chi connectivity index (χ0) is 20.3. The van der Waals surface area contributed by atoms with Crippen molar-refractivity contribution in [2.24, 2.45) is 0 Å². The van der Waals surface area contributed by atoms with Gasteiger partial charge < -0.3 is 14.5 Å². The third kappa shape index (κ3) is 4.60. The molecule has 0 radical (unpaired) electrons. The molecule has 1 aromatic heterocycles. The van der Waals surface area contributed by atoms with Crippen molar-refractivity contribution < 1.29 is 18.7 Å². The first-order valence-corrected chi connectivity index (χ1v) is 9.32. The summed E-state index contributed by atoms with van der Waals surface area (Å²) in [7, 11) is 0. The summed E-state index contributed by atoms with van der Waals surface area (Å²) in [5.74, 6) is -0.788. The summed E-state index contributed by atoms with van der Waals surface area (Å²) in [6.45, 7) is 7.67. The molecule has 146 valence electrons. The number of fused-ring (bicyclic) bond motifs is 1. The van der Waals surface area contributed by atoms with Crippen molar-refractivity contribution in [2.45, 2.75) is 40.2 Å². The molecule has 0 spiro atoms. The standard InChI is InChI=1S/C23H25NO4/c1-14-5-8-20-19(12-27-21(20)9-14)11-23(26)28-13-22(25)24-17(4)18-7-6-15(2)16(3)10-18/h5-10,12,17H,11,13H2,1-4H3,(H,24,25)/t17-/m1/s1. The number of carbonyl (C=O) groups is 2. The minimum absolute atomic E-state index is 0.0655. The first-order chi connectivity index (χ1) is 13.3. The normalized spacial score (nSPS) is 12.0. The molecular formula is C23H25NO4. The van der Waals surface area contributed by atoms with Gasteiger partial charge in [0.05, 0.1) is 18.7 Å². The number of ether oxygens (including phenoxy) is 1. The smallest absolute Gasteiger partial charge is 0.310 e. The van der Waals surface area contributed by atoms with Gasteiger partial charge in [0.1, 0.15) is 5.58 Å². The minimum atomic E-state index is -0.461. The van der Waals surface area contributed by atoms with Gasteiger partial charge in [-0.3, -0.25) is 9.59 Å². The number of hydrogen-bond donors (Lipinski definition) is 1. The second-order valence-corrected chi connectivity index (χ2v) is 7.23. The van der Waals surface area contributed by atoms with Crippen LogP contribution >= 0.6 is 0 Å². The number of amides is 1. The van der Waals surface area contributed by atoms with Crippen LogP contribution in [-0.4, -0.2) is 18.5 Å². The van der Waals surface area contributed by atoms with Crippen LogP contribution in [0.4, 0.5) is 0 Å². The molecular weight excluding hydrogens is 354 g/mol. The Morgan fingerprint density at radius 3 is 2.61 bits per heavy atom. The van der Waals surface area contributed by atoms with Gasteiger partial charge in [-0.2, -0.15) is 0 Å². The molecule has 1 amide bonds. The van der Waals surface area contributed by atoms with E-state index >= 15 is 0 Å². The summed E-state index contributed by atoms with van der Waals surface area (Å²) in [6.07, 6.45) is 1.63. The number of esters is 1. The molecule has 5 heteroatoms. The Kier molecular flexibility index (Phi) is 5.83. The fraction of sp³-hybridized carbons (Fsp3) is 0.304. The second kappa shape index (κ2) is 8.30. The monoisotopic (exact) mass is 379 g/mol. The van der Waals surface area contributed by atoms with Crippen LogP contribution in [0.3, 0.4) is 0 Å². The molecule has 0 fully saturated rings. The number of aryl methyl sites for hydroxylation is 3. The van der Waals surface area contributed by atoms with Crippen LogP contribution in [0, 0.1) is 20.8 Å². The molecule has 0 unspecified atom stereocenters. The highest BCUT2D eigenvalue weighted by Gasteiger charge is 2.15. The summed E-state index contributed by atoms with van der Waals surface area (Å²) in [4.78, 5) is 24.2. The molecule has 0 aliphatic heterocycles. The zero-order valence-electron chi connectivity index (χ0n) is 16.7. The summed E-state index contributed by atoms with van der Waals surface area (Å²) in [5.41, 5.74) is 5.98. The van der Waals surface area contributed by atoms with Gasteiger partial charge in [-0.15, -0.1) is 0 Å². The highest BCUT2D eigenvalue weighted by atomic mass is 16.5. The number of carbonyl (C=O) groups excluding carboxylic acids is 2. The number of hydrogen-bond acceptors (Lipinski definition) is 4. The number of rotatable bonds is 6. The third-order valence-corrected chi connectivity index (χ3v) is 4.92. The molecule has 3 aromatic rings. The van der Waals surface area contributed by atoms with Crippen LogP contribution in [-0.2, 0) is 20.7 Å². The molecule has 0 saturated carbocycles. The highest BCUT2D eigenvalue weighted by molar-refractivity contribution is 5.87. The van der Waals surface area contributed by atoms with E-state index in [1.807, 2.05) is 58.0 Å². The fourth-order valence-corrected chi connectivity index (χ4v) is 3.08. The summed E-state index contributed by atoms with van der Waals surface area (Å²) in [5, 5.41) is 3.74. The van der Waals surface area contributed by atoms with Crippen LogP contribution in [0.1, 0.15) is 40.8 Å². The van der Waals surface area contributed by atoms with E-state index in [0.29, 0.717) is 0 Å². The summed E-state index contributed by atoms with van der Waals surface area (Å²) in [6, 6.07) is 11.7. The largest absolute Gasteiger partial charge is 0.464 e. The highest BCUT2D eigenvalue weighted by Crippen LogP contribution is 2.23. The van der Waals surface area contributed by atoms with E-state index in [2.05, 4.69) is 11.4 Å². The van der Waals surface area contributed by atoms with Crippen LogP contribution in [0.15, 0.2) is 47.1 Å². The number of furan rings is 1. The lowest BCUT2D eigenvalue weighted by Gasteiger charge is -2.15. The van der Waals surface area contributed by atoms with Crippen molar-refractivity contribution in [1.82, 2.24) is 5.32 Å². The predicted molar refractivity (Wildman–Crippen MR) is 108 cm³/mol. The summed E-state index contributed by atoms with van der Waals surface area (Å²) >= 11 is 0. The maximum Gasteiger partial charge on any atom is 0.310 e. The maximum atomic E-state index is 12.1. The van der Waals surface area contributed by atoms with Gasteiger partial charge in [0.2, 0.25) is 0 Å². The Hall–Kier alpha value is -3.08. The van der Waals surface area contributed by atoms with E-state index in [9.17, 15) is 9.59 Å². The topological polar surface area (TPSA) is 68.5 Å². The Bertz CT molecular complexity index is 1020. The average Bonchev–Trinajstić information content (AvgIpc) is 3.04. The summed E-state index contributed by atoms with van der Waals surface area (Å²) < 4.78 is 10.6. The van der Waals surface area contributed by atoms with Gasteiger partial charge in [0, 0.05) is 10.9 Å². The van der Waals surface area contributed by atoms with Crippen molar-refractivity contribution in [3.63, 3.8) is 0 Å². The SMILES string of the molecule is Cc1ccc2c(CC(=O)OCC(=O)N[C@H](C)c3ccc(C)c(C)c3)coc2c1. The Morgan fingerprint density at radius 1 is 1.07 bits per heavy atom. The lowest BCUT2D eigenvalue weighted by Crippen LogP contribution is -2.31. The number of nitrogens with one attached hydrogen (secondary N) is 1. The Labute approximate surface area is 164 Å². The first kappa shape index (κ1) is 19.7. The van der Waals surface area contributed by atoms with E-state index in [-0.39, 0.29) is 25.0 Å². The van der Waals surface area contributed by atoms with Gasteiger partial charge in [-0.1, -0.05) is 30.3 Å². The second-order valence-electron chi connectivity index (χ2n) is 7.23. The lowest BCUT2D eigenvalue weighted by molar-refractivity contribution is -0.148. The molecule has 1 heterocycles. The van der Waals surface area contributed by atoms with Crippen molar-refractivity contribution in [3.8, 4) is 0 Å². The Morgan fingerprint density at radius 2 is 1.86 bits per heavy atom. The van der Waals surface area contributed by atoms with Crippen molar-refractivity contribution in [1.29, 1.82) is 0 Å². The molecule has 0 aliphatic carbocycles. The van der Waals surface area contributed by atoms with E-state index < -0.39 is 5.97 Å². The minimum Gasteiger partial charge on any atom is -0.464 e. The first-order valence-electron chi connectivity index (χ1n) is 9.32. The van der Waals surface area contributed by atoms with Gasteiger partial charge in [0.15, 0.2) is 6.61 Å². The molecule has 1 N–H and O–H groups in total. The van der Waals surface area contributed by atoms with E-state index in [1.54, 1.807) is 6.26 Å². The lowest BCUT2D eigenvalue weighted by atomic mass is 10.0. The number of benzene rings is 2. The molecule has 28 heavy (non-hydrogen) atoms. The Balaban J connectivity index is 1.52. The van der Waals surface area contributed by atoms with Crippen LogP contribution < -0.4 is 5.32 Å². The van der Waals surface area contributed by atoms with Crippen molar-refractivity contribution in [3.05, 3.63) is 70.5 Å². The predicted octanol–water partition coefficient (Wildman–Crippen LogP) is 4.32. The molecule has 0 saturated heterocycles. The zero-order valence-corrected chi connectivity index (χ0v) is 16.7. The molecule has 1 atom stereocenters. The molecule has 5 nitrogen and oxygen atoms in total. The van der Waals surface area contributed by atoms with Crippen LogP contribution in [0.25, 0.3) is 11.0 Å². The van der Waals surface area contributed by atoms with Crippen LogP contribution in [0.5, 0.6) is 0 Å². The molecule has 0 aliphatic rings. The van der Waals surface area contributed by atoms with Gasteiger partial charge in [-0.05, 0) is 56.0 Å².